The summed E-state index contributed by atoms with van der Waals surface area (Å²) in [5, 5.41) is 23.5. The quantitative estimate of drug-likeness (QED) is 0.0320. The van der Waals surface area contributed by atoms with Crippen molar-refractivity contribution in [3.05, 3.63) is 12.2 Å². The molecule has 0 rings (SSSR count). The fraction of sp³-hybridized carbons (Fsp3) is 0.949. The third kappa shape index (κ3) is 71.6. The molecule has 0 fully saturated rings. The molecule has 0 aromatic carbocycles. The number of carbonyl (C=O) groups excluding carboxylic acids is 2. The van der Waals surface area contributed by atoms with E-state index in [2.05, 4.69) is 31.3 Å². The van der Waals surface area contributed by atoms with E-state index in [-0.39, 0.29) is 18.5 Å². The summed E-state index contributed by atoms with van der Waals surface area (Å²) in [6.45, 7) is 5.01. The summed E-state index contributed by atoms with van der Waals surface area (Å²) in [7, 11) is 0. The fourth-order valence-electron chi connectivity index (χ4n) is 12.8. The molecule has 0 aliphatic carbocycles. The fourth-order valence-corrected chi connectivity index (χ4v) is 12.8. The van der Waals surface area contributed by atoms with Gasteiger partial charge in [-0.3, -0.25) is 9.59 Å². The molecule has 0 aliphatic heterocycles. The summed E-state index contributed by atoms with van der Waals surface area (Å²) < 4.78 is 5.50. The minimum Gasteiger partial charge on any atom is -0.466 e. The molecule has 506 valence electrons. The van der Waals surface area contributed by atoms with E-state index in [4.69, 9.17) is 4.74 Å². The van der Waals surface area contributed by atoms with Gasteiger partial charge in [-0.1, -0.05) is 405 Å². The predicted molar refractivity (Wildman–Crippen MR) is 375 cm³/mol. The van der Waals surface area contributed by atoms with Crippen LogP contribution in [-0.4, -0.2) is 47.4 Å². The van der Waals surface area contributed by atoms with E-state index in [9.17, 15) is 19.8 Å². The average molecular weight is 1200 g/mol. The van der Waals surface area contributed by atoms with Crippen LogP contribution in [0.25, 0.3) is 0 Å². The van der Waals surface area contributed by atoms with Gasteiger partial charge in [0.2, 0.25) is 5.91 Å². The number of carbonyl (C=O) groups is 2. The highest BCUT2D eigenvalue weighted by molar-refractivity contribution is 5.76. The predicted octanol–water partition coefficient (Wildman–Crippen LogP) is 25.9. The zero-order valence-electron chi connectivity index (χ0n) is 58.1. The van der Waals surface area contributed by atoms with Gasteiger partial charge in [-0.15, -0.1) is 0 Å². The van der Waals surface area contributed by atoms with Gasteiger partial charge in [-0.25, -0.2) is 0 Å². The Balaban J connectivity index is 3.35. The molecular weight excluding hydrogens is 1040 g/mol. The van der Waals surface area contributed by atoms with Crippen LogP contribution in [0.5, 0.6) is 0 Å². The van der Waals surface area contributed by atoms with Crippen molar-refractivity contribution in [2.45, 2.75) is 469 Å². The van der Waals surface area contributed by atoms with Gasteiger partial charge in [0.25, 0.3) is 0 Å². The SMILES string of the molecule is CCCCCCCCCCCCCCCCCCCCCCCCCC(O)C(CO)NC(=O)CCCCCCCCCCCCCCCCC/C=C\CCCCCCCCCCCCCCOC(=O)CCCCCCCCCCCCCCCC. The number of hydrogen-bond acceptors (Lipinski definition) is 5. The van der Waals surface area contributed by atoms with Crippen molar-refractivity contribution in [2.75, 3.05) is 13.2 Å². The molecule has 3 N–H and O–H groups in total. The maximum absolute atomic E-state index is 12.6. The molecule has 0 spiro atoms. The van der Waals surface area contributed by atoms with Crippen LogP contribution in [0, 0.1) is 0 Å². The Morgan fingerprint density at radius 2 is 0.553 bits per heavy atom. The Hall–Kier alpha value is -1.40. The molecule has 0 saturated heterocycles. The Morgan fingerprint density at radius 3 is 0.835 bits per heavy atom. The number of nitrogens with one attached hydrogen (secondary N) is 1. The van der Waals surface area contributed by atoms with E-state index in [1.807, 2.05) is 0 Å². The van der Waals surface area contributed by atoms with E-state index in [1.165, 1.54) is 385 Å². The van der Waals surface area contributed by atoms with Gasteiger partial charge >= 0.3 is 5.97 Å². The molecule has 2 atom stereocenters. The number of rotatable bonds is 75. The first-order chi connectivity index (χ1) is 42.0. The smallest absolute Gasteiger partial charge is 0.305 e. The van der Waals surface area contributed by atoms with Crippen LogP contribution in [0.15, 0.2) is 12.2 Å². The van der Waals surface area contributed by atoms with Gasteiger partial charge in [0.1, 0.15) is 0 Å². The second-order valence-electron chi connectivity index (χ2n) is 27.4. The third-order valence-electron chi connectivity index (χ3n) is 18.8. The molecule has 0 aliphatic rings. The Labute approximate surface area is 533 Å². The number of allylic oxidation sites excluding steroid dienone is 2. The number of aliphatic hydroxyl groups excluding tert-OH is 2. The molecule has 0 aromatic heterocycles. The summed E-state index contributed by atoms with van der Waals surface area (Å²) in [4.78, 5) is 24.6. The lowest BCUT2D eigenvalue weighted by Gasteiger charge is -2.22. The van der Waals surface area contributed by atoms with Crippen LogP contribution in [0.4, 0.5) is 0 Å². The van der Waals surface area contributed by atoms with Crippen molar-refractivity contribution in [1.82, 2.24) is 5.32 Å². The highest BCUT2D eigenvalue weighted by Gasteiger charge is 2.20. The maximum Gasteiger partial charge on any atom is 0.305 e. The Kier molecular flexibility index (Phi) is 73.8. The lowest BCUT2D eigenvalue weighted by atomic mass is 10.0. The number of aliphatic hydroxyl groups is 2. The first kappa shape index (κ1) is 83.6. The summed E-state index contributed by atoms with van der Waals surface area (Å²) in [6.07, 6.45) is 94.4. The number of esters is 1. The van der Waals surface area contributed by atoms with E-state index < -0.39 is 12.1 Å². The van der Waals surface area contributed by atoms with E-state index in [0.717, 1.165) is 38.5 Å². The van der Waals surface area contributed by atoms with E-state index in [1.54, 1.807) is 0 Å². The van der Waals surface area contributed by atoms with E-state index in [0.29, 0.717) is 25.9 Å². The van der Waals surface area contributed by atoms with Crippen molar-refractivity contribution < 1.29 is 24.5 Å². The van der Waals surface area contributed by atoms with Crippen LogP contribution in [0.2, 0.25) is 0 Å². The molecule has 0 heterocycles. The van der Waals surface area contributed by atoms with E-state index >= 15 is 0 Å². The van der Waals surface area contributed by atoms with Crippen LogP contribution in [0.3, 0.4) is 0 Å². The normalized spacial score (nSPS) is 12.5. The van der Waals surface area contributed by atoms with Crippen molar-refractivity contribution in [1.29, 1.82) is 0 Å². The Bertz CT molecular complexity index is 1290. The molecule has 1 amide bonds. The van der Waals surface area contributed by atoms with Crippen LogP contribution in [-0.2, 0) is 14.3 Å². The number of unbranched alkanes of at least 4 members (excludes halogenated alkanes) is 62. The third-order valence-corrected chi connectivity index (χ3v) is 18.8. The van der Waals surface area contributed by atoms with Crippen molar-refractivity contribution in [3.63, 3.8) is 0 Å². The monoisotopic (exact) mass is 1200 g/mol. The zero-order chi connectivity index (χ0) is 61.3. The van der Waals surface area contributed by atoms with Crippen molar-refractivity contribution >= 4 is 11.9 Å². The van der Waals surface area contributed by atoms with Crippen molar-refractivity contribution in [2.24, 2.45) is 0 Å². The van der Waals surface area contributed by atoms with Crippen LogP contribution < -0.4 is 5.32 Å². The average Bonchev–Trinajstić information content (AvgIpc) is 3.51. The second-order valence-corrected chi connectivity index (χ2v) is 27.4. The molecule has 0 aromatic rings. The van der Waals surface area contributed by atoms with Gasteiger partial charge in [0.15, 0.2) is 0 Å². The van der Waals surface area contributed by atoms with Gasteiger partial charge in [0, 0.05) is 12.8 Å². The van der Waals surface area contributed by atoms with Gasteiger partial charge < -0.3 is 20.3 Å². The summed E-state index contributed by atoms with van der Waals surface area (Å²) >= 11 is 0. The second kappa shape index (κ2) is 75.1. The molecule has 0 radical (unpaired) electrons. The molecular formula is C79H155NO5. The first-order valence-corrected chi connectivity index (χ1v) is 39.4. The van der Waals surface area contributed by atoms with Gasteiger partial charge in [-0.2, -0.15) is 0 Å². The van der Waals surface area contributed by atoms with Gasteiger partial charge in [-0.05, 0) is 51.4 Å². The summed E-state index contributed by atoms with van der Waals surface area (Å²) in [5.74, 6) is -0.00565. The molecule has 0 saturated carbocycles. The van der Waals surface area contributed by atoms with Gasteiger partial charge in [0.05, 0.1) is 25.4 Å². The number of hydrogen-bond donors (Lipinski definition) is 3. The highest BCUT2D eigenvalue weighted by atomic mass is 16.5. The van der Waals surface area contributed by atoms with Crippen LogP contribution >= 0.6 is 0 Å². The molecule has 6 heteroatoms. The molecule has 6 nitrogen and oxygen atoms in total. The summed E-state index contributed by atoms with van der Waals surface area (Å²) in [6, 6.07) is -0.541. The first-order valence-electron chi connectivity index (χ1n) is 39.4. The Morgan fingerprint density at radius 1 is 0.318 bits per heavy atom. The lowest BCUT2D eigenvalue weighted by Crippen LogP contribution is -2.45. The lowest BCUT2D eigenvalue weighted by molar-refractivity contribution is -0.143. The standard InChI is InChI=1S/C79H155NO5/c1-3-5-7-9-11-13-15-17-19-20-21-22-32-35-38-41-44-47-51-55-59-63-67-71-77(82)76(75-81)80-78(83)72-68-64-60-56-52-48-45-42-39-36-33-30-28-26-24-23-25-27-29-31-34-37-40-43-46-50-54-58-62-66-70-74-85-79(84)73-69-65-61-57-53-49-18-16-14-12-10-8-6-4-2/h25,27,76-77,81-82H,3-24,26,28-75H2,1-2H3,(H,80,83)/b27-25-. The molecule has 0 bridgehead atoms. The topological polar surface area (TPSA) is 95.9 Å². The summed E-state index contributed by atoms with van der Waals surface area (Å²) in [5.41, 5.74) is 0. The highest BCUT2D eigenvalue weighted by Crippen LogP contribution is 2.20. The zero-order valence-corrected chi connectivity index (χ0v) is 58.1. The largest absolute Gasteiger partial charge is 0.466 e. The van der Waals surface area contributed by atoms with Crippen LogP contribution in [0.1, 0.15) is 457 Å². The number of ether oxygens (including phenoxy) is 1. The van der Waals surface area contributed by atoms with Crippen molar-refractivity contribution in [3.8, 4) is 0 Å². The maximum atomic E-state index is 12.6. The molecule has 2 unspecified atom stereocenters. The molecule has 85 heavy (non-hydrogen) atoms. The minimum absolute atomic E-state index is 0.0212. The minimum atomic E-state index is -0.664. The number of amides is 1.